The molecule has 38 heavy (non-hydrogen) atoms. The van der Waals surface area contributed by atoms with Gasteiger partial charge in [0.2, 0.25) is 17.8 Å². The van der Waals surface area contributed by atoms with Gasteiger partial charge in [-0.1, -0.05) is 30.3 Å². The van der Waals surface area contributed by atoms with Gasteiger partial charge in [-0.3, -0.25) is 14.9 Å². The lowest BCUT2D eigenvalue weighted by atomic mass is 10.1. The predicted octanol–water partition coefficient (Wildman–Crippen LogP) is 4.01. The highest BCUT2D eigenvalue weighted by Gasteiger charge is 2.28. The fourth-order valence-electron chi connectivity index (χ4n) is 4.31. The number of thioether (sulfide) groups is 1. The van der Waals surface area contributed by atoms with Gasteiger partial charge >= 0.3 is 0 Å². The summed E-state index contributed by atoms with van der Waals surface area (Å²) in [4.78, 5) is 31.9. The lowest BCUT2D eigenvalue weighted by molar-refractivity contribution is -0.136. The van der Waals surface area contributed by atoms with Crippen LogP contribution in [-0.2, 0) is 15.3 Å². The Morgan fingerprint density at radius 3 is 2.87 bits per heavy atom. The molecule has 0 bridgehead atoms. The number of carbonyl (C=O) groups excluding carboxylic acids is 2. The zero-order chi connectivity index (χ0) is 26.7. The Bertz CT molecular complexity index is 1320. The molecule has 1 atom stereocenters. The molecule has 1 aromatic heterocycles. The fourth-order valence-corrected chi connectivity index (χ4v) is 5.13. The second-order valence-corrected chi connectivity index (χ2v) is 10.2. The minimum atomic E-state index is -0.685. The summed E-state index contributed by atoms with van der Waals surface area (Å²) in [6.45, 7) is 2.93. The molecule has 10 heteroatoms. The molecule has 1 unspecified atom stereocenters. The minimum absolute atomic E-state index is 0.000840. The van der Waals surface area contributed by atoms with Crippen molar-refractivity contribution in [1.29, 1.82) is 5.26 Å². The Hall–Kier alpha value is -3.97. The van der Waals surface area contributed by atoms with Crippen LogP contribution < -0.4 is 16.0 Å². The number of likely N-dealkylation sites (tertiary alicyclic amines) is 1. The standard InChI is InChI=1S/C28H32N6O3S/c1-20-15-22-16-23(10-11-25(22)37-20)32-28(31-19-29)33-24-9-5-6-13-34(27(24)36)17-26(35)30-12-14-38-18-21-7-3-2-4-8-21/h2-4,7-8,10-11,15-16,24H,5-6,9,12-14,17-18H2,1H3,(H,30,35)(H2,31,32,33). The lowest BCUT2D eigenvalue weighted by Crippen LogP contribution is -2.45. The van der Waals surface area contributed by atoms with Crippen LogP contribution in [0.5, 0.6) is 0 Å². The Morgan fingerprint density at radius 1 is 1.21 bits per heavy atom. The third-order valence-electron chi connectivity index (χ3n) is 6.13. The largest absolute Gasteiger partial charge is 0.461 e. The summed E-state index contributed by atoms with van der Waals surface area (Å²) in [6.07, 6.45) is 4.03. The van der Waals surface area contributed by atoms with Crippen molar-refractivity contribution in [3.05, 3.63) is 65.9 Å². The molecule has 1 saturated heterocycles. The number of aryl methyl sites for hydroxylation is 1. The highest BCUT2D eigenvalue weighted by molar-refractivity contribution is 7.98. The average Bonchev–Trinajstić information content (AvgIpc) is 3.20. The molecule has 2 aromatic carbocycles. The van der Waals surface area contributed by atoms with Crippen molar-refractivity contribution in [2.75, 3.05) is 30.7 Å². The van der Waals surface area contributed by atoms with Crippen molar-refractivity contribution in [2.24, 2.45) is 4.99 Å². The molecule has 2 heterocycles. The first-order valence-electron chi connectivity index (χ1n) is 12.7. The van der Waals surface area contributed by atoms with Gasteiger partial charge in [-0.25, -0.2) is 4.99 Å². The van der Waals surface area contributed by atoms with Crippen LogP contribution in [0.1, 0.15) is 30.6 Å². The van der Waals surface area contributed by atoms with Crippen molar-refractivity contribution in [1.82, 2.24) is 15.5 Å². The van der Waals surface area contributed by atoms with Gasteiger partial charge < -0.3 is 20.0 Å². The number of nitriles is 1. The van der Waals surface area contributed by atoms with Crippen LogP contribution in [0.15, 0.2) is 64.0 Å². The van der Waals surface area contributed by atoms with Gasteiger partial charge in [0, 0.05) is 35.7 Å². The Kier molecular flexibility index (Phi) is 9.65. The second-order valence-electron chi connectivity index (χ2n) is 9.11. The van der Waals surface area contributed by atoms with Crippen molar-refractivity contribution in [2.45, 2.75) is 38.0 Å². The number of anilines is 1. The minimum Gasteiger partial charge on any atom is -0.461 e. The average molecular weight is 533 g/mol. The molecule has 0 radical (unpaired) electrons. The first-order valence-corrected chi connectivity index (χ1v) is 13.8. The van der Waals surface area contributed by atoms with E-state index >= 15 is 0 Å². The first-order chi connectivity index (χ1) is 18.5. The summed E-state index contributed by atoms with van der Waals surface area (Å²) in [7, 11) is 0. The lowest BCUT2D eigenvalue weighted by Gasteiger charge is -2.22. The fraction of sp³-hybridized carbons (Fsp3) is 0.357. The topological polar surface area (TPSA) is 123 Å². The molecule has 9 nitrogen and oxygen atoms in total. The number of hydrogen-bond acceptors (Lipinski definition) is 6. The van der Waals surface area contributed by atoms with Crippen LogP contribution in [0.2, 0.25) is 0 Å². The van der Waals surface area contributed by atoms with Gasteiger partial charge in [0.1, 0.15) is 17.4 Å². The van der Waals surface area contributed by atoms with E-state index in [9.17, 15) is 14.9 Å². The monoisotopic (exact) mass is 532 g/mol. The predicted molar refractivity (Wildman–Crippen MR) is 151 cm³/mol. The number of rotatable bonds is 9. The van der Waals surface area contributed by atoms with E-state index in [1.165, 1.54) is 5.56 Å². The number of amides is 2. The van der Waals surface area contributed by atoms with E-state index in [1.54, 1.807) is 16.7 Å². The van der Waals surface area contributed by atoms with Crippen LogP contribution in [0.25, 0.3) is 11.0 Å². The smallest absolute Gasteiger partial charge is 0.247 e. The molecule has 2 amide bonds. The molecule has 3 aromatic rings. The Balaban J connectivity index is 1.32. The molecule has 0 aliphatic carbocycles. The van der Waals surface area contributed by atoms with E-state index < -0.39 is 6.04 Å². The number of nitrogens with one attached hydrogen (secondary N) is 3. The number of guanidine groups is 1. The number of carbonyl (C=O) groups is 2. The normalized spacial score (nSPS) is 16.1. The van der Waals surface area contributed by atoms with E-state index in [1.807, 2.05) is 55.6 Å². The number of furan rings is 1. The van der Waals surface area contributed by atoms with Crippen LogP contribution in [0, 0.1) is 18.4 Å². The molecule has 3 N–H and O–H groups in total. The zero-order valence-electron chi connectivity index (χ0n) is 21.4. The van der Waals surface area contributed by atoms with Crippen molar-refractivity contribution in [3.8, 4) is 6.19 Å². The summed E-state index contributed by atoms with van der Waals surface area (Å²) in [6, 6.07) is 17.0. The number of benzene rings is 2. The molecule has 4 rings (SSSR count). The summed E-state index contributed by atoms with van der Waals surface area (Å²) >= 11 is 1.75. The molecule has 1 fully saturated rings. The van der Waals surface area contributed by atoms with Gasteiger partial charge in [-0.05, 0) is 56.0 Å². The Labute approximate surface area is 226 Å². The first kappa shape index (κ1) is 27.1. The van der Waals surface area contributed by atoms with E-state index in [-0.39, 0.29) is 24.3 Å². The summed E-state index contributed by atoms with van der Waals surface area (Å²) in [5, 5.41) is 18.7. The van der Waals surface area contributed by atoms with E-state index in [0.29, 0.717) is 25.2 Å². The van der Waals surface area contributed by atoms with E-state index in [2.05, 4.69) is 33.1 Å². The highest BCUT2D eigenvalue weighted by Crippen LogP contribution is 2.23. The second kappa shape index (κ2) is 13.5. The Morgan fingerprint density at radius 2 is 2.05 bits per heavy atom. The summed E-state index contributed by atoms with van der Waals surface area (Å²) in [5.74, 6) is 2.29. The molecule has 1 aliphatic heterocycles. The maximum absolute atomic E-state index is 13.3. The molecular formula is C28H32N6O3S. The number of aliphatic imine (C=N–C) groups is 1. The van der Waals surface area contributed by atoms with Crippen LogP contribution >= 0.6 is 11.8 Å². The van der Waals surface area contributed by atoms with Crippen LogP contribution in [-0.4, -0.2) is 54.1 Å². The van der Waals surface area contributed by atoms with E-state index in [0.717, 1.165) is 41.1 Å². The van der Waals surface area contributed by atoms with Crippen molar-refractivity contribution >= 4 is 46.2 Å². The van der Waals surface area contributed by atoms with Gasteiger partial charge in [-0.2, -0.15) is 17.0 Å². The molecule has 1 aliphatic rings. The third kappa shape index (κ3) is 7.76. The molecule has 198 valence electrons. The van der Waals surface area contributed by atoms with Crippen LogP contribution in [0.3, 0.4) is 0 Å². The van der Waals surface area contributed by atoms with Gasteiger partial charge in [0.05, 0.1) is 6.54 Å². The molecule has 0 saturated carbocycles. The van der Waals surface area contributed by atoms with E-state index in [4.69, 9.17) is 4.42 Å². The quantitative estimate of drug-likeness (QED) is 0.125. The van der Waals surface area contributed by atoms with Gasteiger partial charge in [-0.15, -0.1) is 0 Å². The molecular weight excluding hydrogens is 500 g/mol. The van der Waals surface area contributed by atoms with Gasteiger partial charge in [0.15, 0.2) is 6.19 Å². The maximum atomic E-state index is 13.3. The van der Waals surface area contributed by atoms with Crippen molar-refractivity contribution in [3.63, 3.8) is 0 Å². The molecule has 0 spiro atoms. The maximum Gasteiger partial charge on any atom is 0.247 e. The number of nitrogens with zero attached hydrogens (tertiary/aromatic N) is 3. The zero-order valence-corrected chi connectivity index (χ0v) is 22.2. The van der Waals surface area contributed by atoms with Crippen LogP contribution in [0.4, 0.5) is 5.69 Å². The highest BCUT2D eigenvalue weighted by atomic mass is 32.2. The number of hydrogen-bond donors (Lipinski definition) is 3. The summed E-state index contributed by atoms with van der Waals surface area (Å²) in [5.41, 5.74) is 2.73. The number of fused-ring (bicyclic) bond motifs is 1. The van der Waals surface area contributed by atoms with Crippen molar-refractivity contribution < 1.29 is 14.0 Å². The van der Waals surface area contributed by atoms with Gasteiger partial charge in [0.25, 0.3) is 0 Å². The SMILES string of the molecule is Cc1cc2cc(NC(=NC3CCCCN(CC(=O)NCCSCc4ccccc4)C3=O)NC#N)ccc2o1. The third-order valence-corrected chi connectivity index (χ3v) is 7.16. The summed E-state index contributed by atoms with van der Waals surface area (Å²) < 4.78 is 5.61.